The van der Waals surface area contributed by atoms with Crippen molar-refractivity contribution in [3.05, 3.63) is 53.6 Å². The fourth-order valence-electron chi connectivity index (χ4n) is 1.78. The molecule has 2 rings (SSSR count). The maximum Gasteiger partial charge on any atom is 0.405 e. The summed E-state index contributed by atoms with van der Waals surface area (Å²) >= 11 is 5.91. The molecular weight excluding hydrogens is 345 g/mol. The van der Waals surface area contributed by atoms with E-state index in [1.807, 2.05) is 6.07 Å². The van der Waals surface area contributed by atoms with Gasteiger partial charge in [0.2, 0.25) is 5.91 Å². The van der Waals surface area contributed by atoms with Crippen molar-refractivity contribution in [2.75, 3.05) is 18.4 Å². The molecule has 0 saturated heterocycles. The van der Waals surface area contributed by atoms with Crippen LogP contribution in [0.4, 0.5) is 18.9 Å². The predicted octanol–water partition coefficient (Wildman–Crippen LogP) is 4.22. The first-order valence-corrected chi connectivity index (χ1v) is 7.31. The number of para-hydroxylation sites is 1. The molecule has 0 saturated carbocycles. The Hall–Kier alpha value is -2.41. The van der Waals surface area contributed by atoms with Crippen molar-refractivity contribution in [1.82, 2.24) is 5.32 Å². The molecule has 4 nitrogen and oxygen atoms in total. The molecule has 0 aliphatic heterocycles. The standard InChI is InChI=1S/C16H14ClF3N2O2/c17-11-6-7-14(24-12-4-2-1-3-5-12)13(8-11)21-9-15(23)22-10-16(18,19)20/h1-8,21H,9-10H2,(H,22,23). The molecule has 2 aromatic carbocycles. The van der Waals surface area contributed by atoms with Crippen LogP contribution in [0.15, 0.2) is 48.5 Å². The highest BCUT2D eigenvalue weighted by Crippen LogP contribution is 2.31. The second-order valence-electron chi connectivity index (χ2n) is 4.80. The smallest absolute Gasteiger partial charge is 0.405 e. The topological polar surface area (TPSA) is 50.4 Å². The van der Waals surface area contributed by atoms with Crippen LogP contribution in [-0.4, -0.2) is 25.2 Å². The van der Waals surface area contributed by atoms with Gasteiger partial charge in [0, 0.05) is 5.02 Å². The summed E-state index contributed by atoms with van der Waals surface area (Å²) in [5.41, 5.74) is 0.397. The van der Waals surface area contributed by atoms with Gasteiger partial charge in [-0.3, -0.25) is 4.79 Å². The number of halogens is 4. The minimum absolute atomic E-state index is 0.346. The first-order valence-electron chi connectivity index (χ1n) is 6.93. The molecule has 1 amide bonds. The third-order valence-electron chi connectivity index (χ3n) is 2.84. The van der Waals surface area contributed by atoms with E-state index in [-0.39, 0.29) is 6.54 Å². The van der Waals surface area contributed by atoms with Gasteiger partial charge in [-0.25, -0.2) is 0 Å². The molecule has 0 spiro atoms. The number of carbonyl (C=O) groups excluding carboxylic acids is 1. The highest BCUT2D eigenvalue weighted by molar-refractivity contribution is 6.30. The summed E-state index contributed by atoms with van der Waals surface area (Å²) in [6.45, 7) is -1.72. The normalized spacial score (nSPS) is 11.0. The molecule has 0 heterocycles. The Labute approximate surface area is 141 Å². The lowest BCUT2D eigenvalue weighted by Crippen LogP contribution is -2.37. The minimum Gasteiger partial charge on any atom is -0.455 e. The molecule has 0 bridgehead atoms. The van der Waals surface area contributed by atoms with Crippen LogP contribution in [0.5, 0.6) is 11.5 Å². The molecule has 0 radical (unpaired) electrons. The zero-order chi connectivity index (χ0) is 17.6. The van der Waals surface area contributed by atoms with E-state index in [1.54, 1.807) is 41.7 Å². The van der Waals surface area contributed by atoms with Gasteiger partial charge in [0.05, 0.1) is 12.2 Å². The van der Waals surface area contributed by atoms with E-state index in [4.69, 9.17) is 16.3 Å². The molecule has 0 atom stereocenters. The Kier molecular flexibility index (Phi) is 5.92. The summed E-state index contributed by atoms with van der Waals surface area (Å²) in [7, 11) is 0. The number of alkyl halides is 3. The number of benzene rings is 2. The average molecular weight is 359 g/mol. The van der Waals surface area contributed by atoms with Crippen molar-refractivity contribution in [2.45, 2.75) is 6.18 Å². The van der Waals surface area contributed by atoms with Crippen LogP contribution in [0.1, 0.15) is 0 Å². The average Bonchev–Trinajstić information content (AvgIpc) is 2.53. The van der Waals surface area contributed by atoms with Gasteiger partial charge in [-0.2, -0.15) is 13.2 Å². The van der Waals surface area contributed by atoms with Crippen molar-refractivity contribution in [2.24, 2.45) is 0 Å². The molecule has 24 heavy (non-hydrogen) atoms. The SMILES string of the molecule is O=C(CNc1cc(Cl)ccc1Oc1ccccc1)NCC(F)(F)F. The molecule has 0 aromatic heterocycles. The van der Waals surface area contributed by atoms with Gasteiger partial charge in [0.15, 0.2) is 5.75 Å². The summed E-state index contributed by atoms with van der Waals surface area (Å²) in [5.74, 6) is 0.177. The van der Waals surface area contributed by atoms with E-state index in [2.05, 4.69) is 5.32 Å². The molecule has 8 heteroatoms. The Bertz CT molecular complexity index is 693. The number of ether oxygens (including phenoxy) is 1. The van der Waals surface area contributed by atoms with Crippen molar-refractivity contribution >= 4 is 23.2 Å². The van der Waals surface area contributed by atoms with E-state index in [0.29, 0.717) is 22.2 Å². The first-order chi connectivity index (χ1) is 11.3. The number of hydrogen-bond donors (Lipinski definition) is 2. The lowest BCUT2D eigenvalue weighted by atomic mass is 10.2. The predicted molar refractivity (Wildman–Crippen MR) is 85.5 cm³/mol. The Morgan fingerprint density at radius 2 is 1.83 bits per heavy atom. The Morgan fingerprint density at radius 3 is 2.50 bits per heavy atom. The second-order valence-corrected chi connectivity index (χ2v) is 5.24. The summed E-state index contributed by atoms with van der Waals surface area (Å²) in [4.78, 5) is 11.5. The fraction of sp³-hybridized carbons (Fsp3) is 0.188. The fourth-order valence-corrected chi connectivity index (χ4v) is 1.95. The van der Waals surface area contributed by atoms with E-state index in [9.17, 15) is 18.0 Å². The van der Waals surface area contributed by atoms with Crippen LogP contribution in [0.3, 0.4) is 0 Å². The highest BCUT2D eigenvalue weighted by Gasteiger charge is 2.27. The number of rotatable bonds is 6. The van der Waals surface area contributed by atoms with E-state index in [0.717, 1.165) is 0 Å². The molecule has 0 fully saturated rings. The Morgan fingerprint density at radius 1 is 1.12 bits per heavy atom. The van der Waals surface area contributed by atoms with Crippen LogP contribution in [0.2, 0.25) is 5.02 Å². The number of anilines is 1. The first kappa shape index (κ1) is 17.9. The van der Waals surface area contributed by atoms with Crippen LogP contribution >= 0.6 is 11.6 Å². The maximum atomic E-state index is 12.1. The third-order valence-corrected chi connectivity index (χ3v) is 3.07. The second kappa shape index (κ2) is 7.92. The van der Waals surface area contributed by atoms with Gasteiger partial charge in [-0.05, 0) is 30.3 Å². The lowest BCUT2D eigenvalue weighted by Gasteiger charge is -2.14. The summed E-state index contributed by atoms with van der Waals surface area (Å²) in [6, 6.07) is 13.6. The number of nitrogens with one attached hydrogen (secondary N) is 2. The molecule has 128 valence electrons. The van der Waals surface area contributed by atoms with Gasteiger partial charge >= 0.3 is 6.18 Å². The van der Waals surface area contributed by atoms with Crippen molar-refractivity contribution in [1.29, 1.82) is 0 Å². The molecule has 0 aliphatic rings. The molecule has 2 aromatic rings. The van der Waals surface area contributed by atoms with Gasteiger partial charge < -0.3 is 15.4 Å². The summed E-state index contributed by atoms with van der Waals surface area (Å²) in [5, 5.41) is 4.89. The van der Waals surface area contributed by atoms with E-state index >= 15 is 0 Å². The van der Waals surface area contributed by atoms with Gasteiger partial charge in [-0.1, -0.05) is 29.8 Å². The summed E-state index contributed by atoms with van der Waals surface area (Å²) in [6.07, 6.45) is -4.45. The summed E-state index contributed by atoms with van der Waals surface area (Å²) < 4.78 is 41.9. The highest BCUT2D eigenvalue weighted by atomic mass is 35.5. The van der Waals surface area contributed by atoms with Crippen LogP contribution in [0, 0.1) is 0 Å². The van der Waals surface area contributed by atoms with E-state index in [1.165, 1.54) is 6.07 Å². The zero-order valence-electron chi connectivity index (χ0n) is 12.4. The van der Waals surface area contributed by atoms with Crippen molar-refractivity contribution < 1.29 is 22.7 Å². The van der Waals surface area contributed by atoms with Crippen LogP contribution in [-0.2, 0) is 4.79 Å². The zero-order valence-corrected chi connectivity index (χ0v) is 13.1. The number of amides is 1. The van der Waals surface area contributed by atoms with Crippen LogP contribution in [0.25, 0.3) is 0 Å². The van der Waals surface area contributed by atoms with Crippen molar-refractivity contribution in [3.8, 4) is 11.5 Å². The van der Waals surface area contributed by atoms with E-state index < -0.39 is 18.6 Å². The van der Waals surface area contributed by atoms with Crippen LogP contribution < -0.4 is 15.4 Å². The lowest BCUT2D eigenvalue weighted by molar-refractivity contribution is -0.137. The Balaban J connectivity index is 2.01. The van der Waals surface area contributed by atoms with Gasteiger partial charge in [-0.15, -0.1) is 0 Å². The largest absolute Gasteiger partial charge is 0.455 e. The van der Waals surface area contributed by atoms with Crippen molar-refractivity contribution in [3.63, 3.8) is 0 Å². The molecule has 0 unspecified atom stereocenters. The quantitative estimate of drug-likeness (QED) is 0.812. The molecule has 0 aliphatic carbocycles. The molecule has 2 N–H and O–H groups in total. The molecular formula is C16H14ClF3N2O2. The number of carbonyl (C=O) groups is 1. The third kappa shape index (κ3) is 6.00. The van der Waals surface area contributed by atoms with Gasteiger partial charge in [0.25, 0.3) is 0 Å². The number of hydrogen-bond acceptors (Lipinski definition) is 3. The maximum absolute atomic E-state index is 12.1. The van der Waals surface area contributed by atoms with Gasteiger partial charge in [0.1, 0.15) is 12.3 Å². The monoisotopic (exact) mass is 358 g/mol. The minimum atomic E-state index is -4.45.